The molecule has 0 radical (unpaired) electrons. The predicted molar refractivity (Wildman–Crippen MR) is 70.6 cm³/mol. The summed E-state index contributed by atoms with van der Waals surface area (Å²) in [6.07, 6.45) is 2.45. The minimum absolute atomic E-state index is 0.176. The Morgan fingerprint density at radius 1 is 1.50 bits per heavy atom. The van der Waals surface area contributed by atoms with E-state index in [2.05, 4.69) is 9.44 Å². The third-order valence-electron chi connectivity index (χ3n) is 4.82. The zero-order valence-electron chi connectivity index (χ0n) is 11.8. The van der Waals surface area contributed by atoms with E-state index in [1.807, 2.05) is 0 Å². The summed E-state index contributed by atoms with van der Waals surface area (Å²) < 4.78 is 40.5. The van der Waals surface area contributed by atoms with Crippen molar-refractivity contribution < 1.29 is 26.6 Å². The van der Waals surface area contributed by atoms with Gasteiger partial charge in [0.15, 0.2) is 0 Å². The number of carbonyl (C=O) groups excluding carboxylic acids is 1. The van der Waals surface area contributed by atoms with Crippen molar-refractivity contribution in [2.45, 2.75) is 38.3 Å². The summed E-state index contributed by atoms with van der Waals surface area (Å²) in [4.78, 5) is 14.0. The van der Waals surface area contributed by atoms with Gasteiger partial charge in [0.05, 0.1) is 12.1 Å². The first kappa shape index (κ1) is 14.0. The van der Waals surface area contributed by atoms with Crippen molar-refractivity contribution in [2.24, 2.45) is 5.41 Å². The molecule has 3 heterocycles. The Morgan fingerprint density at radius 3 is 2.77 bits per heavy atom. The van der Waals surface area contributed by atoms with E-state index in [9.17, 15) is 13.2 Å². The second kappa shape index (κ2) is 4.21. The smallest absolute Gasteiger partial charge is 0.361 e. The summed E-state index contributed by atoms with van der Waals surface area (Å²) in [5.74, 6) is 0.652. The standard InChI is InChI=1S/C12H15N3O6S/c1-7-4-8(13-20-7)9-5-12(2-3-12)10-6-14(9)11(16)15(10)21-22(17,18)19/h4,9-10H,2-3,5-6H2,1H3,(H,17,18,19)/t9-,10?/m0/s1. The van der Waals surface area contributed by atoms with Crippen LogP contribution in [0.1, 0.15) is 36.8 Å². The topological polar surface area (TPSA) is 113 Å². The lowest BCUT2D eigenvalue weighted by Crippen LogP contribution is -2.43. The Labute approximate surface area is 126 Å². The molecule has 1 saturated carbocycles. The maximum Gasteiger partial charge on any atom is 0.418 e. The molecule has 120 valence electrons. The maximum absolute atomic E-state index is 12.5. The lowest BCUT2D eigenvalue weighted by molar-refractivity contribution is -0.0527. The van der Waals surface area contributed by atoms with Crippen LogP contribution in [0.2, 0.25) is 0 Å². The molecule has 1 spiro atoms. The maximum atomic E-state index is 12.5. The molecule has 2 amide bonds. The first-order valence-corrected chi connectivity index (χ1v) is 8.36. The average Bonchev–Trinajstić information content (AvgIpc) is 2.96. The molecule has 2 bridgehead atoms. The molecule has 22 heavy (non-hydrogen) atoms. The van der Waals surface area contributed by atoms with Gasteiger partial charge in [0, 0.05) is 12.6 Å². The molecule has 0 aromatic carbocycles. The van der Waals surface area contributed by atoms with Crippen LogP contribution >= 0.6 is 0 Å². The van der Waals surface area contributed by atoms with E-state index < -0.39 is 16.4 Å². The fraction of sp³-hybridized carbons (Fsp3) is 0.667. The summed E-state index contributed by atoms with van der Waals surface area (Å²) in [5, 5.41) is 4.79. The molecule has 1 N–H and O–H groups in total. The number of amides is 2. The largest absolute Gasteiger partial charge is 0.418 e. The van der Waals surface area contributed by atoms with Crippen molar-refractivity contribution in [3.63, 3.8) is 0 Å². The van der Waals surface area contributed by atoms with Crippen LogP contribution in [-0.2, 0) is 14.7 Å². The molecule has 9 nitrogen and oxygen atoms in total. The van der Waals surface area contributed by atoms with Gasteiger partial charge in [0.25, 0.3) is 0 Å². The van der Waals surface area contributed by atoms with Gasteiger partial charge in [-0.2, -0.15) is 13.5 Å². The molecule has 1 aromatic heterocycles. The number of hydrogen-bond donors (Lipinski definition) is 1. The lowest BCUT2D eigenvalue weighted by Gasteiger charge is -2.35. The second-order valence-corrected chi connectivity index (χ2v) is 7.23. The van der Waals surface area contributed by atoms with Crippen LogP contribution in [0.3, 0.4) is 0 Å². The van der Waals surface area contributed by atoms with Gasteiger partial charge < -0.3 is 9.42 Å². The van der Waals surface area contributed by atoms with Crippen LogP contribution < -0.4 is 0 Å². The second-order valence-electron chi connectivity index (χ2n) is 6.22. The third-order valence-corrected chi connectivity index (χ3v) is 5.17. The Morgan fingerprint density at radius 2 is 2.23 bits per heavy atom. The number of aryl methyl sites for hydroxylation is 1. The Balaban J connectivity index is 1.70. The number of hydroxylamine groups is 2. The van der Waals surface area contributed by atoms with Crippen molar-refractivity contribution in [3.8, 4) is 0 Å². The highest BCUT2D eigenvalue weighted by Gasteiger charge is 2.64. The Bertz CT molecular complexity index is 740. The van der Waals surface area contributed by atoms with Crippen LogP contribution in [0.5, 0.6) is 0 Å². The van der Waals surface area contributed by atoms with Crippen LogP contribution in [-0.4, -0.2) is 46.7 Å². The van der Waals surface area contributed by atoms with Gasteiger partial charge >= 0.3 is 16.4 Å². The van der Waals surface area contributed by atoms with Crippen LogP contribution in [0.25, 0.3) is 0 Å². The van der Waals surface area contributed by atoms with Crippen molar-refractivity contribution in [1.82, 2.24) is 15.1 Å². The van der Waals surface area contributed by atoms with Gasteiger partial charge in [-0.15, -0.1) is 4.28 Å². The summed E-state index contributed by atoms with van der Waals surface area (Å²) in [5.41, 5.74) is 0.481. The van der Waals surface area contributed by atoms with E-state index in [4.69, 9.17) is 9.08 Å². The quantitative estimate of drug-likeness (QED) is 0.824. The number of aromatic nitrogens is 1. The molecular formula is C12H15N3O6S. The molecule has 1 aromatic rings. The number of nitrogens with zero attached hydrogens (tertiary/aromatic N) is 3. The van der Waals surface area contributed by atoms with E-state index >= 15 is 0 Å². The molecule has 1 unspecified atom stereocenters. The zero-order chi connectivity index (χ0) is 15.7. The van der Waals surface area contributed by atoms with Crippen molar-refractivity contribution >= 4 is 16.4 Å². The predicted octanol–water partition coefficient (Wildman–Crippen LogP) is 1.05. The highest BCUT2D eigenvalue weighted by molar-refractivity contribution is 7.80. The Hall–Kier alpha value is -1.65. The van der Waals surface area contributed by atoms with E-state index in [0.717, 1.165) is 17.9 Å². The van der Waals surface area contributed by atoms with Gasteiger partial charge in [-0.1, -0.05) is 5.16 Å². The van der Waals surface area contributed by atoms with Gasteiger partial charge in [0.2, 0.25) is 0 Å². The normalized spacial score (nSPS) is 29.5. The first-order chi connectivity index (χ1) is 10.3. The number of rotatable bonds is 3. The molecule has 3 fully saturated rings. The van der Waals surface area contributed by atoms with Gasteiger partial charge in [0.1, 0.15) is 11.5 Å². The number of fused-ring (bicyclic) bond motifs is 3. The molecule has 1 aliphatic carbocycles. The first-order valence-electron chi connectivity index (χ1n) is 6.99. The molecule has 2 atom stereocenters. The van der Waals surface area contributed by atoms with Crippen LogP contribution in [0.15, 0.2) is 10.6 Å². The SMILES string of the molecule is Cc1cc([C@@H]2CC3(CC3)C3CN2C(=O)N3OS(=O)(=O)O)no1. The monoisotopic (exact) mass is 329 g/mol. The Kier molecular flexibility index (Phi) is 2.67. The lowest BCUT2D eigenvalue weighted by atomic mass is 9.84. The number of urea groups is 1. The molecule has 2 saturated heterocycles. The third kappa shape index (κ3) is 2.02. The molecule has 2 aliphatic heterocycles. The highest BCUT2D eigenvalue weighted by Crippen LogP contribution is 2.61. The average molecular weight is 329 g/mol. The van der Waals surface area contributed by atoms with Gasteiger partial charge in [-0.25, -0.2) is 4.79 Å². The molecular weight excluding hydrogens is 314 g/mol. The van der Waals surface area contributed by atoms with Crippen molar-refractivity contribution in [2.75, 3.05) is 6.54 Å². The number of piperidine rings is 1. The molecule has 10 heteroatoms. The molecule has 3 aliphatic rings. The summed E-state index contributed by atoms with van der Waals surface area (Å²) in [7, 11) is -4.74. The van der Waals surface area contributed by atoms with E-state index in [-0.39, 0.29) is 17.5 Å². The minimum atomic E-state index is -4.74. The summed E-state index contributed by atoms with van der Waals surface area (Å²) >= 11 is 0. The van der Waals surface area contributed by atoms with E-state index in [0.29, 0.717) is 24.4 Å². The van der Waals surface area contributed by atoms with Crippen molar-refractivity contribution in [1.29, 1.82) is 0 Å². The van der Waals surface area contributed by atoms with Gasteiger partial charge in [-0.05, 0) is 31.6 Å². The van der Waals surface area contributed by atoms with Gasteiger partial charge in [-0.3, -0.25) is 4.55 Å². The number of carbonyl (C=O) groups is 1. The number of hydrogen-bond acceptors (Lipinski definition) is 6. The summed E-state index contributed by atoms with van der Waals surface area (Å²) in [6.45, 7) is 2.12. The highest BCUT2D eigenvalue weighted by atomic mass is 32.3. The van der Waals surface area contributed by atoms with Crippen LogP contribution in [0, 0.1) is 12.3 Å². The molecule has 4 rings (SSSR count). The van der Waals surface area contributed by atoms with E-state index in [1.165, 1.54) is 4.90 Å². The van der Waals surface area contributed by atoms with E-state index in [1.54, 1.807) is 13.0 Å². The zero-order valence-corrected chi connectivity index (χ0v) is 12.6. The summed E-state index contributed by atoms with van der Waals surface area (Å²) in [6, 6.07) is 0.572. The van der Waals surface area contributed by atoms with Crippen LogP contribution in [0.4, 0.5) is 4.79 Å². The fourth-order valence-electron chi connectivity index (χ4n) is 3.62. The minimum Gasteiger partial charge on any atom is -0.361 e. The fourth-order valence-corrected chi connectivity index (χ4v) is 3.99. The van der Waals surface area contributed by atoms with Crippen molar-refractivity contribution in [3.05, 3.63) is 17.5 Å².